The maximum absolute atomic E-state index is 12.8. The van der Waals surface area contributed by atoms with Gasteiger partial charge in [0.2, 0.25) is 5.91 Å². The van der Waals surface area contributed by atoms with Gasteiger partial charge in [-0.2, -0.15) is 0 Å². The van der Waals surface area contributed by atoms with Crippen molar-refractivity contribution >= 4 is 17.3 Å². The van der Waals surface area contributed by atoms with Gasteiger partial charge in [-0.3, -0.25) is 14.6 Å². The van der Waals surface area contributed by atoms with Crippen molar-refractivity contribution in [2.75, 3.05) is 6.54 Å². The van der Waals surface area contributed by atoms with Gasteiger partial charge in [0, 0.05) is 37.2 Å². The van der Waals surface area contributed by atoms with Crippen molar-refractivity contribution in [1.82, 2.24) is 24.6 Å². The van der Waals surface area contributed by atoms with E-state index in [4.69, 9.17) is 0 Å². The number of likely N-dealkylation sites (tertiary alicyclic amines) is 1. The smallest absolute Gasteiger partial charge is 0.253 e. The summed E-state index contributed by atoms with van der Waals surface area (Å²) in [4.78, 5) is 35.4. The first-order chi connectivity index (χ1) is 13.5. The zero-order valence-corrected chi connectivity index (χ0v) is 16.0. The molecular formula is C21H23N5O2. The number of hydrogen-bond donors (Lipinski definition) is 1. The lowest BCUT2D eigenvalue weighted by molar-refractivity contribution is -0.131. The maximum Gasteiger partial charge on any atom is 0.253 e. The van der Waals surface area contributed by atoms with Crippen LogP contribution in [0.25, 0.3) is 5.52 Å². The van der Waals surface area contributed by atoms with E-state index in [0.29, 0.717) is 18.5 Å². The van der Waals surface area contributed by atoms with E-state index in [1.165, 1.54) is 0 Å². The summed E-state index contributed by atoms with van der Waals surface area (Å²) in [6, 6.07) is 5.78. The molecule has 7 nitrogen and oxygen atoms in total. The van der Waals surface area contributed by atoms with E-state index in [-0.39, 0.29) is 23.9 Å². The fourth-order valence-electron chi connectivity index (χ4n) is 3.80. The summed E-state index contributed by atoms with van der Waals surface area (Å²) in [5.41, 5.74) is 3.40. The molecule has 2 atom stereocenters. The van der Waals surface area contributed by atoms with Crippen LogP contribution in [0, 0.1) is 6.92 Å². The molecule has 0 spiro atoms. The number of pyridine rings is 2. The fraction of sp³-hybridized carbons (Fsp3) is 0.333. The number of fused-ring (bicyclic) bond motifs is 1. The minimum absolute atomic E-state index is 0.0524. The number of imidazole rings is 1. The Bertz CT molecular complexity index is 1030. The van der Waals surface area contributed by atoms with E-state index in [9.17, 15) is 9.59 Å². The van der Waals surface area contributed by atoms with E-state index in [0.717, 1.165) is 23.1 Å². The summed E-state index contributed by atoms with van der Waals surface area (Å²) in [5.74, 6) is -0.0612. The van der Waals surface area contributed by atoms with Crippen molar-refractivity contribution < 1.29 is 9.59 Å². The predicted octanol–water partition coefficient (Wildman–Crippen LogP) is 2.00. The SMILES string of the molecule is Cc1ccncc1C(=O)NC1CC(C)N(C(=O)Cc2ccn3cncc3c2)C1. The molecule has 2 unspecified atom stereocenters. The van der Waals surface area contributed by atoms with Crippen LogP contribution in [0.4, 0.5) is 0 Å². The third kappa shape index (κ3) is 3.60. The molecule has 1 fully saturated rings. The van der Waals surface area contributed by atoms with Crippen LogP contribution in [-0.4, -0.2) is 49.7 Å². The Labute approximate surface area is 163 Å². The molecule has 0 saturated carbocycles. The Kier molecular flexibility index (Phi) is 4.81. The van der Waals surface area contributed by atoms with Gasteiger partial charge in [-0.25, -0.2) is 4.98 Å². The topological polar surface area (TPSA) is 79.6 Å². The van der Waals surface area contributed by atoms with Crippen LogP contribution in [0.1, 0.15) is 34.8 Å². The molecule has 3 aromatic rings. The normalized spacial score (nSPS) is 19.1. The van der Waals surface area contributed by atoms with Crippen molar-refractivity contribution in [2.24, 2.45) is 0 Å². The second-order valence-corrected chi connectivity index (χ2v) is 7.43. The number of aryl methyl sites for hydroxylation is 1. The summed E-state index contributed by atoms with van der Waals surface area (Å²) < 4.78 is 1.92. The molecule has 0 aromatic carbocycles. The van der Waals surface area contributed by atoms with E-state index >= 15 is 0 Å². The summed E-state index contributed by atoms with van der Waals surface area (Å²) in [5, 5.41) is 3.05. The first kappa shape index (κ1) is 18.2. The van der Waals surface area contributed by atoms with Crippen LogP contribution < -0.4 is 5.32 Å². The van der Waals surface area contributed by atoms with Crippen molar-refractivity contribution in [3.63, 3.8) is 0 Å². The highest BCUT2D eigenvalue weighted by Gasteiger charge is 2.33. The van der Waals surface area contributed by atoms with Gasteiger partial charge >= 0.3 is 0 Å². The first-order valence-electron chi connectivity index (χ1n) is 9.43. The molecule has 3 aromatic heterocycles. The molecule has 28 heavy (non-hydrogen) atoms. The molecule has 0 aliphatic carbocycles. The Morgan fingerprint density at radius 3 is 2.93 bits per heavy atom. The minimum Gasteiger partial charge on any atom is -0.347 e. The molecule has 1 saturated heterocycles. The van der Waals surface area contributed by atoms with Gasteiger partial charge in [-0.15, -0.1) is 0 Å². The van der Waals surface area contributed by atoms with Gasteiger partial charge in [0.1, 0.15) is 0 Å². The second kappa shape index (κ2) is 7.42. The summed E-state index contributed by atoms with van der Waals surface area (Å²) in [6.07, 6.45) is 9.77. The first-order valence-corrected chi connectivity index (χ1v) is 9.43. The molecule has 1 N–H and O–H groups in total. The molecule has 1 aliphatic heterocycles. The monoisotopic (exact) mass is 377 g/mol. The molecular weight excluding hydrogens is 354 g/mol. The Morgan fingerprint density at radius 2 is 2.11 bits per heavy atom. The Balaban J connectivity index is 1.39. The van der Waals surface area contributed by atoms with Gasteiger partial charge in [-0.1, -0.05) is 0 Å². The van der Waals surface area contributed by atoms with Gasteiger partial charge < -0.3 is 14.6 Å². The van der Waals surface area contributed by atoms with Crippen LogP contribution in [0.3, 0.4) is 0 Å². The van der Waals surface area contributed by atoms with Crippen molar-refractivity contribution in [3.8, 4) is 0 Å². The number of rotatable bonds is 4. The highest BCUT2D eigenvalue weighted by molar-refractivity contribution is 5.95. The average molecular weight is 377 g/mol. The summed E-state index contributed by atoms with van der Waals surface area (Å²) in [6.45, 7) is 4.45. The van der Waals surface area contributed by atoms with Gasteiger partial charge in [0.05, 0.1) is 30.0 Å². The minimum atomic E-state index is -0.136. The summed E-state index contributed by atoms with van der Waals surface area (Å²) in [7, 11) is 0. The highest BCUT2D eigenvalue weighted by atomic mass is 16.2. The standard InChI is InChI=1S/C21H23N5O2/c1-14-3-5-22-11-19(14)21(28)24-17-7-15(2)26(12-17)20(27)9-16-4-6-25-13-23-10-18(25)8-16/h3-6,8,10-11,13,15,17H,7,9,12H2,1-2H3,(H,24,28). The number of hydrogen-bond acceptors (Lipinski definition) is 4. The number of carbonyl (C=O) groups excluding carboxylic acids is 2. The van der Waals surface area contributed by atoms with Crippen molar-refractivity contribution in [3.05, 3.63) is 66.0 Å². The van der Waals surface area contributed by atoms with E-state index in [1.807, 2.05) is 47.5 Å². The molecule has 1 aliphatic rings. The zero-order valence-electron chi connectivity index (χ0n) is 16.0. The number of aromatic nitrogens is 3. The van der Waals surface area contributed by atoms with Crippen LogP contribution in [-0.2, 0) is 11.2 Å². The predicted molar refractivity (Wildman–Crippen MR) is 105 cm³/mol. The van der Waals surface area contributed by atoms with Crippen LogP contribution in [0.5, 0.6) is 0 Å². The number of amides is 2. The third-order valence-electron chi connectivity index (χ3n) is 5.35. The zero-order chi connectivity index (χ0) is 19.7. The maximum atomic E-state index is 12.8. The fourth-order valence-corrected chi connectivity index (χ4v) is 3.80. The average Bonchev–Trinajstić information content (AvgIpc) is 3.27. The van der Waals surface area contributed by atoms with Gasteiger partial charge in [0.15, 0.2) is 0 Å². The molecule has 2 amide bonds. The van der Waals surface area contributed by atoms with Gasteiger partial charge in [0.25, 0.3) is 5.91 Å². The molecule has 0 radical (unpaired) electrons. The Hall–Kier alpha value is -3.22. The molecule has 7 heteroatoms. The van der Waals surface area contributed by atoms with E-state index in [1.54, 1.807) is 24.9 Å². The molecule has 0 bridgehead atoms. The lowest BCUT2D eigenvalue weighted by Gasteiger charge is -2.21. The van der Waals surface area contributed by atoms with Crippen LogP contribution >= 0.6 is 0 Å². The van der Waals surface area contributed by atoms with Crippen LogP contribution in [0.2, 0.25) is 0 Å². The molecule has 4 heterocycles. The second-order valence-electron chi connectivity index (χ2n) is 7.43. The number of carbonyl (C=O) groups is 2. The van der Waals surface area contributed by atoms with Gasteiger partial charge in [-0.05, 0) is 49.6 Å². The lowest BCUT2D eigenvalue weighted by Crippen LogP contribution is -2.39. The molecule has 4 rings (SSSR count). The number of nitrogens with one attached hydrogen (secondary N) is 1. The quantitative estimate of drug-likeness (QED) is 0.754. The lowest BCUT2D eigenvalue weighted by atomic mass is 10.1. The highest BCUT2D eigenvalue weighted by Crippen LogP contribution is 2.20. The Morgan fingerprint density at radius 1 is 1.25 bits per heavy atom. The number of nitrogens with zero attached hydrogens (tertiary/aromatic N) is 4. The summed E-state index contributed by atoms with van der Waals surface area (Å²) >= 11 is 0. The van der Waals surface area contributed by atoms with Crippen molar-refractivity contribution in [2.45, 2.75) is 38.8 Å². The largest absolute Gasteiger partial charge is 0.347 e. The van der Waals surface area contributed by atoms with Crippen LogP contribution in [0.15, 0.2) is 49.3 Å². The van der Waals surface area contributed by atoms with E-state index < -0.39 is 0 Å². The van der Waals surface area contributed by atoms with Crippen molar-refractivity contribution in [1.29, 1.82) is 0 Å². The van der Waals surface area contributed by atoms with E-state index in [2.05, 4.69) is 15.3 Å². The molecule has 144 valence electrons. The third-order valence-corrected chi connectivity index (χ3v) is 5.35.